The van der Waals surface area contributed by atoms with Crippen molar-refractivity contribution in [2.24, 2.45) is 12.0 Å². The lowest BCUT2D eigenvalue weighted by Gasteiger charge is -2.12. The Morgan fingerprint density at radius 2 is 1.92 bits per heavy atom. The molecule has 0 saturated carbocycles. The zero-order valence-corrected chi connectivity index (χ0v) is 15.0. The molecule has 0 unspecified atom stereocenters. The second-order valence-electron chi connectivity index (χ2n) is 5.75. The van der Waals surface area contributed by atoms with Crippen LogP contribution in [-0.2, 0) is 19.9 Å². The molecule has 0 aliphatic carbocycles. The van der Waals surface area contributed by atoms with Gasteiger partial charge >= 0.3 is 0 Å². The van der Waals surface area contributed by atoms with Crippen LogP contribution in [0.3, 0.4) is 0 Å². The Kier molecular flexibility index (Phi) is 6.66. The maximum atomic E-state index is 5.37. The lowest BCUT2D eigenvalue weighted by atomic mass is 10.1. The van der Waals surface area contributed by atoms with Crippen molar-refractivity contribution < 1.29 is 4.74 Å². The van der Waals surface area contributed by atoms with E-state index < -0.39 is 0 Å². The molecule has 0 bridgehead atoms. The number of hydrogen-bond acceptors (Lipinski definition) is 3. The number of ether oxygens (including phenoxy) is 1. The van der Waals surface area contributed by atoms with Crippen molar-refractivity contribution in [3.63, 3.8) is 0 Å². The normalized spacial score (nSPS) is 11.4. The number of aliphatic imine (C=N–C) groups is 1. The number of guanidine groups is 1. The molecule has 1 aromatic heterocycles. The molecule has 0 aliphatic rings. The molecule has 0 spiro atoms. The van der Waals surface area contributed by atoms with E-state index in [-0.39, 0.29) is 0 Å². The first-order valence-electron chi connectivity index (χ1n) is 8.18. The van der Waals surface area contributed by atoms with Crippen molar-refractivity contribution in [1.29, 1.82) is 0 Å². The van der Waals surface area contributed by atoms with Gasteiger partial charge in [0.2, 0.25) is 0 Å². The van der Waals surface area contributed by atoms with Gasteiger partial charge in [0.1, 0.15) is 5.75 Å². The van der Waals surface area contributed by atoms with Crippen molar-refractivity contribution in [2.45, 2.75) is 19.8 Å². The number of benzene rings is 1. The van der Waals surface area contributed by atoms with E-state index >= 15 is 0 Å². The summed E-state index contributed by atoms with van der Waals surface area (Å²) >= 11 is 0. The predicted molar refractivity (Wildman–Crippen MR) is 97.7 cm³/mol. The molecule has 0 atom stereocenters. The Balaban J connectivity index is 1.73. The van der Waals surface area contributed by atoms with Crippen LogP contribution in [0.15, 0.2) is 35.6 Å². The zero-order chi connectivity index (χ0) is 17.4. The Bertz CT molecular complexity index is 678. The summed E-state index contributed by atoms with van der Waals surface area (Å²) in [6.45, 7) is 3.69. The van der Waals surface area contributed by atoms with Gasteiger partial charge in [-0.1, -0.05) is 12.1 Å². The Morgan fingerprint density at radius 3 is 2.50 bits per heavy atom. The van der Waals surface area contributed by atoms with Crippen molar-refractivity contribution in [3.05, 3.63) is 47.3 Å². The van der Waals surface area contributed by atoms with Gasteiger partial charge in [0.15, 0.2) is 5.96 Å². The minimum absolute atomic E-state index is 0.818. The Labute approximate surface area is 143 Å². The van der Waals surface area contributed by atoms with E-state index in [1.165, 1.54) is 11.1 Å². The first-order chi connectivity index (χ1) is 11.6. The fraction of sp³-hybridized carbons (Fsp3) is 0.444. The van der Waals surface area contributed by atoms with Crippen LogP contribution in [-0.4, -0.2) is 43.0 Å². The summed E-state index contributed by atoms with van der Waals surface area (Å²) in [5.41, 5.74) is 3.62. The van der Waals surface area contributed by atoms with Crippen molar-refractivity contribution >= 4 is 5.96 Å². The van der Waals surface area contributed by atoms with Crippen LogP contribution < -0.4 is 15.4 Å². The molecular weight excluding hydrogens is 302 g/mol. The number of methoxy groups -OCH3 is 1. The summed E-state index contributed by atoms with van der Waals surface area (Å²) in [5, 5.41) is 10.8. The van der Waals surface area contributed by atoms with Crippen molar-refractivity contribution in [3.8, 4) is 5.75 Å². The molecular formula is C18H27N5O. The van der Waals surface area contributed by atoms with Crippen LogP contribution in [0.5, 0.6) is 5.75 Å². The fourth-order valence-corrected chi connectivity index (χ4v) is 2.49. The highest BCUT2D eigenvalue weighted by Crippen LogP contribution is 2.18. The second kappa shape index (κ2) is 8.96. The largest absolute Gasteiger partial charge is 0.496 e. The maximum absolute atomic E-state index is 5.37. The predicted octanol–water partition coefficient (Wildman–Crippen LogP) is 1.69. The number of aromatic nitrogens is 2. The summed E-state index contributed by atoms with van der Waals surface area (Å²) in [6, 6.07) is 6.32. The second-order valence-corrected chi connectivity index (χ2v) is 5.75. The standard InChI is InChI=1S/C18H27N5O/c1-14-5-6-15(11-17(14)24-4)7-9-20-18(19-2)21-10-8-16-12-22-23(3)13-16/h5-6,11-13H,7-10H2,1-4H3,(H2,19,20,21). The molecule has 0 radical (unpaired) electrons. The maximum Gasteiger partial charge on any atom is 0.190 e. The van der Waals surface area contributed by atoms with Gasteiger partial charge in [-0.3, -0.25) is 9.67 Å². The molecule has 0 amide bonds. The molecule has 2 N–H and O–H groups in total. The van der Waals surface area contributed by atoms with E-state index in [9.17, 15) is 0 Å². The summed E-state index contributed by atoms with van der Waals surface area (Å²) < 4.78 is 7.19. The average molecular weight is 329 g/mol. The monoisotopic (exact) mass is 329 g/mol. The van der Waals surface area contributed by atoms with Gasteiger partial charge in [0.25, 0.3) is 0 Å². The molecule has 6 heteroatoms. The van der Waals surface area contributed by atoms with Crippen LogP contribution in [0.4, 0.5) is 0 Å². The third-order valence-electron chi connectivity index (χ3n) is 3.87. The zero-order valence-electron chi connectivity index (χ0n) is 15.0. The fourth-order valence-electron chi connectivity index (χ4n) is 2.49. The van der Waals surface area contributed by atoms with Crippen molar-refractivity contribution in [1.82, 2.24) is 20.4 Å². The van der Waals surface area contributed by atoms with Gasteiger partial charge in [-0.05, 0) is 42.5 Å². The highest BCUT2D eigenvalue weighted by Gasteiger charge is 2.02. The van der Waals surface area contributed by atoms with Crippen LogP contribution in [0.1, 0.15) is 16.7 Å². The number of hydrogen-bond donors (Lipinski definition) is 2. The van der Waals surface area contributed by atoms with Gasteiger partial charge in [-0.2, -0.15) is 5.10 Å². The smallest absolute Gasteiger partial charge is 0.190 e. The van der Waals surface area contributed by atoms with E-state index in [0.717, 1.165) is 43.2 Å². The first kappa shape index (κ1) is 17.8. The molecule has 1 heterocycles. The summed E-state index contributed by atoms with van der Waals surface area (Å²) in [5.74, 6) is 1.75. The number of nitrogens with zero attached hydrogens (tertiary/aromatic N) is 3. The van der Waals surface area contributed by atoms with Crippen LogP contribution in [0, 0.1) is 6.92 Å². The molecule has 6 nitrogen and oxygen atoms in total. The van der Waals surface area contributed by atoms with Crippen LogP contribution >= 0.6 is 0 Å². The minimum Gasteiger partial charge on any atom is -0.496 e. The van der Waals surface area contributed by atoms with Gasteiger partial charge in [0.05, 0.1) is 13.3 Å². The highest BCUT2D eigenvalue weighted by molar-refractivity contribution is 5.79. The molecule has 2 rings (SSSR count). The van der Waals surface area contributed by atoms with Gasteiger partial charge < -0.3 is 15.4 Å². The summed E-state index contributed by atoms with van der Waals surface area (Å²) in [6.07, 6.45) is 5.76. The molecule has 1 aromatic carbocycles. The molecule has 2 aromatic rings. The molecule has 0 saturated heterocycles. The Morgan fingerprint density at radius 1 is 1.21 bits per heavy atom. The summed E-state index contributed by atoms with van der Waals surface area (Å²) in [7, 11) is 5.42. The van der Waals surface area contributed by atoms with E-state index in [0.29, 0.717) is 0 Å². The molecule has 130 valence electrons. The molecule has 0 aliphatic heterocycles. The number of aryl methyl sites for hydroxylation is 2. The van der Waals surface area contributed by atoms with Crippen LogP contribution in [0.2, 0.25) is 0 Å². The first-order valence-corrected chi connectivity index (χ1v) is 8.18. The van der Waals surface area contributed by atoms with Gasteiger partial charge in [0, 0.05) is 33.4 Å². The van der Waals surface area contributed by atoms with E-state index in [4.69, 9.17) is 4.74 Å². The van der Waals surface area contributed by atoms with Crippen LogP contribution in [0.25, 0.3) is 0 Å². The van der Waals surface area contributed by atoms with Gasteiger partial charge in [-0.15, -0.1) is 0 Å². The Hall–Kier alpha value is -2.50. The number of rotatable bonds is 7. The third-order valence-corrected chi connectivity index (χ3v) is 3.87. The minimum atomic E-state index is 0.818. The average Bonchev–Trinajstić information content (AvgIpc) is 3.00. The number of nitrogens with one attached hydrogen (secondary N) is 2. The van der Waals surface area contributed by atoms with E-state index in [1.807, 2.05) is 24.1 Å². The quantitative estimate of drug-likeness (QED) is 0.599. The highest BCUT2D eigenvalue weighted by atomic mass is 16.5. The summed E-state index contributed by atoms with van der Waals surface area (Å²) in [4.78, 5) is 4.25. The third kappa shape index (κ3) is 5.30. The topological polar surface area (TPSA) is 63.5 Å². The van der Waals surface area contributed by atoms with E-state index in [2.05, 4.69) is 45.8 Å². The lowest BCUT2D eigenvalue weighted by Crippen LogP contribution is -2.39. The lowest BCUT2D eigenvalue weighted by molar-refractivity contribution is 0.411. The van der Waals surface area contributed by atoms with E-state index in [1.54, 1.807) is 14.2 Å². The van der Waals surface area contributed by atoms with Gasteiger partial charge in [-0.25, -0.2) is 0 Å². The SMILES string of the molecule is CN=C(NCCc1ccc(C)c(OC)c1)NCCc1cnn(C)c1. The van der Waals surface area contributed by atoms with Crippen molar-refractivity contribution in [2.75, 3.05) is 27.2 Å². The molecule has 0 fully saturated rings. The molecule has 24 heavy (non-hydrogen) atoms.